The number of carbonyl (C=O) groups excluding carboxylic acids is 1. The molecule has 2 N–H and O–H groups in total. The van der Waals surface area contributed by atoms with E-state index in [1.807, 2.05) is 31.2 Å². The zero-order valence-electron chi connectivity index (χ0n) is 15.8. The normalized spacial score (nSPS) is 16.1. The number of ether oxygens (including phenoxy) is 3. The van der Waals surface area contributed by atoms with Gasteiger partial charge in [-0.3, -0.25) is 9.59 Å². The van der Waals surface area contributed by atoms with Gasteiger partial charge in [-0.2, -0.15) is 0 Å². The summed E-state index contributed by atoms with van der Waals surface area (Å²) in [7, 11) is 1.53. The van der Waals surface area contributed by atoms with E-state index in [1.165, 1.54) is 7.11 Å². The lowest BCUT2D eigenvalue weighted by atomic mass is 9.86. The summed E-state index contributed by atoms with van der Waals surface area (Å²) >= 11 is 0. The van der Waals surface area contributed by atoms with Crippen molar-refractivity contribution < 1.29 is 28.9 Å². The van der Waals surface area contributed by atoms with Crippen molar-refractivity contribution in [2.75, 3.05) is 33.5 Å². The van der Waals surface area contributed by atoms with E-state index >= 15 is 0 Å². The lowest BCUT2D eigenvalue weighted by molar-refractivity contribution is -0.145. The maximum Gasteiger partial charge on any atom is 0.308 e. The number of allylic oxidation sites excluding steroid dienone is 1. The monoisotopic (exact) mass is 377 g/mol. The van der Waals surface area contributed by atoms with Gasteiger partial charge in [0.25, 0.3) is 5.91 Å². The van der Waals surface area contributed by atoms with Gasteiger partial charge in [0.05, 0.1) is 13.0 Å². The van der Waals surface area contributed by atoms with Gasteiger partial charge in [-0.15, -0.1) is 0 Å². The van der Waals surface area contributed by atoms with E-state index in [4.69, 9.17) is 14.2 Å². The zero-order chi connectivity index (χ0) is 19.6. The fraction of sp³-hybridized carbons (Fsp3) is 0.500. The molecular weight excluding hydrogens is 350 g/mol. The van der Waals surface area contributed by atoms with Crippen molar-refractivity contribution in [1.29, 1.82) is 0 Å². The van der Waals surface area contributed by atoms with E-state index in [0.29, 0.717) is 37.6 Å². The molecule has 1 fully saturated rings. The first-order valence-electron chi connectivity index (χ1n) is 9.06. The van der Waals surface area contributed by atoms with Crippen LogP contribution in [-0.2, 0) is 14.3 Å². The summed E-state index contributed by atoms with van der Waals surface area (Å²) in [6.45, 7) is 2.92. The average molecular weight is 377 g/mol. The minimum Gasteiger partial charge on any atom is -0.493 e. The van der Waals surface area contributed by atoms with Crippen LogP contribution in [0.15, 0.2) is 24.3 Å². The molecule has 1 aliphatic heterocycles. The number of hydrogen-bond donors (Lipinski definition) is 2. The van der Waals surface area contributed by atoms with Crippen molar-refractivity contribution in [2.24, 2.45) is 11.8 Å². The highest BCUT2D eigenvalue weighted by atomic mass is 16.5. The largest absolute Gasteiger partial charge is 0.493 e. The van der Waals surface area contributed by atoms with Crippen molar-refractivity contribution in [1.82, 2.24) is 5.32 Å². The molecule has 0 aliphatic carbocycles. The third-order valence-electron chi connectivity index (χ3n) is 4.58. The molecule has 0 saturated carbocycles. The lowest BCUT2D eigenvalue weighted by Crippen LogP contribution is -2.40. The minimum atomic E-state index is -0.899. The Balaban J connectivity index is 1.87. The van der Waals surface area contributed by atoms with Gasteiger partial charge in [0.15, 0.2) is 18.1 Å². The number of carboxylic acids is 1. The van der Waals surface area contributed by atoms with E-state index in [2.05, 4.69) is 5.32 Å². The number of amides is 1. The molecule has 0 radical (unpaired) electrons. The summed E-state index contributed by atoms with van der Waals surface area (Å²) in [4.78, 5) is 23.6. The molecule has 2 rings (SSSR count). The molecule has 0 spiro atoms. The molecule has 1 unspecified atom stereocenters. The van der Waals surface area contributed by atoms with Gasteiger partial charge in [-0.05, 0) is 43.4 Å². The van der Waals surface area contributed by atoms with Crippen LogP contribution in [0.25, 0.3) is 6.08 Å². The number of nitrogens with one attached hydrogen (secondary N) is 1. The molecule has 1 aliphatic rings. The smallest absolute Gasteiger partial charge is 0.308 e. The SMILES string of the molecule is C/C=C/c1ccc(OCC(=O)NCC(C(=O)O)C2CCOCC2)c(OC)c1. The predicted molar refractivity (Wildman–Crippen MR) is 101 cm³/mol. The Labute approximate surface area is 159 Å². The Morgan fingerprint density at radius 1 is 1.33 bits per heavy atom. The van der Waals surface area contributed by atoms with Crippen LogP contribution in [0.3, 0.4) is 0 Å². The lowest BCUT2D eigenvalue weighted by Gasteiger charge is -2.27. The van der Waals surface area contributed by atoms with Crippen molar-refractivity contribution in [3.05, 3.63) is 29.8 Å². The Bertz CT molecular complexity index is 666. The average Bonchev–Trinajstić information content (AvgIpc) is 2.67. The highest BCUT2D eigenvalue weighted by Crippen LogP contribution is 2.28. The molecule has 1 amide bonds. The van der Waals surface area contributed by atoms with Crippen LogP contribution in [-0.4, -0.2) is 50.5 Å². The Hall–Kier alpha value is -2.54. The van der Waals surface area contributed by atoms with E-state index < -0.39 is 11.9 Å². The highest BCUT2D eigenvalue weighted by molar-refractivity contribution is 5.79. The predicted octanol–water partition coefficient (Wildman–Crippen LogP) is 2.35. The second-order valence-corrected chi connectivity index (χ2v) is 6.40. The Morgan fingerprint density at radius 3 is 2.70 bits per heavy atom. The Morgan fingerprint density at radius 2 is 2.07 bits per heavy atom. The van der Waals surface area contributed by atoms with Gasteiger partial charge in [-0.1, -0.05) is 18.2 Å². The van der Waals surface area contributed by atoms with Crippen LogP contribution < -0.4 is 14.8 Å². The first kappa shape index (κ1) is 20.8. The Kier molecular flexibility index (Phi) is 8.13. The molecule has 1 aromatic carbocycles. The van der Waals surface area contributed by atoms with Gasteiger partial charge >= 0.3 is 5.97 Å². The molecule has 7 heteroatoms. The summed E-state index contributed by atoms with van der Waals surface area (Å²) in [6.07, 6.45) is 5.24. The molecule has 7 nitrogen and oxygen atoms in total. The molecule has 1 saturated heterocycles. The van der Waals surface area contributed by atoms with Crippen molar-refractivity contribution in [3.63, 3.8) is 0 Å². The second-order valence-electron chi connectivity index (χ2n) is 6.40. The van der Waals surface area contributed by atoms with E-state index in [9.17, 15) is 14.7 Å². The first-order valence-corrected chi connectivity index (χ1v) is 9.06. The number of methoxy groups -OCH3 is 1. The standard InChI is InChI=1S/C20H27NO6/c1-3-4-14-5-6-17(18(11-14)25-2)27-13-19(22)21-12-16(20(23)24)15-7-9-26-10-8-15/h3-6,11,15-16H,7-10,12-13H2,1-2H3,(H,21,22)(H,23,24)/b4-3+. The summed E-state index contributed by atoms with van der Waals surface area (Å²) in [5.41, 5.74) is 0.965. The zero-order valence-corrected chi connectivity index (χ0v) is 15.8. The van der Waals surface area contributed by atoms with Crippen molar-refractivity contribution >= 4 is 18.0 Å². The fourth-order valence-corrected chi connectivity index (χ4v) is 3.09. The topological polar surface area (TPSA) is 94.1 Å². The molecule has 0 bridgehead atoms. The van der Waals surface area contributed by atoms with Crippen LogP contribution in [0.1, 0.15) is 25.3 Å². The van der Waals surface area contributed by atoms with E-state index in [-0.39, 0.29) is 25.0 Å². The van der Waals surface area contributed by atoms with E-state index in [0.717, 1.165) is 5.56 Å². The summed E-state index contributed by atoms with van der Waals surface area (Å²) in [5.74, 6) is -0.884. The minimum absolute atomic E-state index is 0.0109. The second kappa shape index (κ2) is 10.6. The fourth-order valence-electron chi connectivity index (χ4n) is 3.09. The van der Waals surface area contributed by atoms with Gasteiger partial charge in [0.1, 0.15) is 0 Å². The molecule has 27 heavy (non-hydrogen) atoms. The third-order valence-corrected chi connectivity index (χ3v) is 4.58. The van der Waals surface area contributed by atoms with Gasteiger partial charge in [0, 0.05) is 19.8 Å². The van der Waals surface area contributed by atoms with Crippen molar-refractivity contribution in [2.45, 2.75) is 19.8 Å². The summed E-state index contributed by atoms with van der Waals surface area (Å²) in [6, 6.07) is 5.42. The number of carbonyl (C=O) groups is 2. The molecule has 1 heterocycles. The maximum atomic E-state index is 12.1. The number of aliphatic carboxylic acids is 1. The summed E-state index contributed by atoms with van der Waals surface area (Å²) in [5, 5.41) is 12.1. The van der Waals surface area contributed by atoms with Crippen LogP contribution in [0.2, 0.25) is 0 Å². The first-order chi connectivity index (χ1) is 13.0. The molecule has 0 aromatic heterocycles. The molecule has 148 valence electrons. The number of benzene rings is 1. The number of hydrogen-bond acceptors (Lipinski definition) is 5. The maximum absolute atomic E-state index is 12.1. The van der Waals surface area contributed by atoms with Crippen LogP contribution in [0, 0.1) is 11.8 Å². The van der Waals surface area contributed by atoms with Gasteiger partial charge in [-0.25, -0.2) is 0 Å². The summed E-state index contributed by atoms with van der Waals surface area (Å²) < 4.78 is 16.1. The quantitative estimate of drug-likeness (QED) is 0.686. The van der Waals surface area contributed by atoms with Crippen LogP contribution in [0.5, 0.6) is 11.5 Å². The third kappa shape index (κ3) is 6.29. The van der Waals surface area contributed by atoms with Crippen LogP contribution in [0.4, 0.5) is 0 Å². The highest BCUT2D eigenvalue weighted by Gasteiger charge is 2.30. The molecular formula is C20H27NO6. The molecule has 1 atom stereocenters. The number of rotatable bonds is 9. The van der Waals surface area contributed by atoms with Gasteiger partial charge in [0.2, 0.25) is 0 Å². The van der Waals surface area contributed by atoms with Crippen LogP contribution >= 0.6 is 0 Å². The van der Waals surface area contributed by atoms with E-state index in [1.54, 1.807) is 6.07 Å². The number of carboxylic acid groups (broad SMARTS) is 1. The van der Waals surface area contributed by atoms with Crippen molar-refractivity contribution in [3.8, 4) is 11.5 Å². The van der Waals surface area contributed by atoms with Gasteiger partial charge < -0.3 is 24.6 Å². The molecule has 1 aromatic rings.